The molecule has 7 heteroatoms. The Hall–Kier alpha value is -1.02. The van der Waals surface area contributed by atoms with Crippen LogP contribution in [-0.4, -0.2) is 72.8 Å². The lowest BCUT2D eigenvalue weighted by molar-refractivity contribution is -0.153. The molecule has 0 spiro atoms. The standard InChI is InChI=1S/C15H23N3O3S/c1-11-14(22-12(2)16-11)10-17-3-8-21-13(9-17)15(19)18-4-6-20-7-5-18/h13H,3-10H2,1-2H3. The fourth-order valence-corrected chi connectivity index (χ4v) is 3.89. The number of hydrogen-bond acceptors (Lipinski definition) is 6. The highest BCUT2D eigenvalue weighted by molar-refractivity contribution is 7.11. The van der Waals surface area contributed by atoms with Gasteiger partial charge in [0.05, 0.1) is 30.5 Å². The normalized spacial score (nSPS) is 23.7. The van der Waals surface area contributed by atoms with Crippen molar-refractivity contribution in [2.24, 2.45) is 0 Å². The van der Waals surface area contributed by atoms with Gasteiger partial charge in [-0.05, 0) is 13.8 Å². The van der Waals surface area contributed by atoms with E-state index >= 15 is 0 Å². The fraction of sp³-hybridized carbons (Fsp3) is 0.733. The van der Waals surface area contributed by atoms with Crippen molar-refractivity contribution in [3.63, 3.8) is 0 Å². The Kier molecular flexibility index (Phi) is 5.07. The molecule has 3 rings (SSSR count). The molecule has 122 valence electrons. The summed E-state index contributed by atoms with van der Waals surface area (Å²) < 4.78 is 11.0. The molecule has 1 atom stereocenters. The number of hydrogen-bond donors (Lipinski definition) is 0. The molecule has 0 N–H and O–H groups in total. The molecule has 1 aromatic heterocycles. The first-order valence-corrected chi connectivity index (χ1v) is 8.58. The molecule has 0 saturated carbocycles. The maximum Gasteiger partial charge on any atom is 0.253 e. The molecule has 0 bridgehead atoms. The van der Waals surface area contributed by atoms with Crippen molar-refractivity contribution < 1.29 is 14.3 Å². The second kappa shape index (κ2) is 7.04. The Morgan fingerprint density at radius 1 is 1.27 bits per heavy atom. The zero-order chi connectivity index (χ0) is 15.5. The van der Waals surface area contributed by atoms with Gasteiger partial charge in [0.15, 0.2) is 0 Å². The summed E-state index contributed by atoms with van der Waals surface area (Å²) in [7, 11) is 0. The van der Waals surface area contributed by atoms with Crippen LogP contribution >= 0.6 is 11.3 Å². The molecule has 0 aromatic carbocycles. The van der Waals surface area contributed by atoms with Gasteiger partial charge in [-0.15, -0.1) is 11.3 Å². The van der Waals surface area contributed by atoms with Crippen LogP contribution in [0, 0.1) is 13.8 Å². The van der Waals surface area contributed by atoms with Crippen molar-refractivity contribution >= 4 is 17.2 Å². The molecule has 1 aromatic rings. The quantitative estimate of drug-likeness (QED) is 0.823. The van der Waals surface area contributed by atoms with Crippen molar-refractivity contribution in [2.45, 2.75) is 26.5 Å². The van der Waals surface area contributed by atoms with Crippen molar-refractivity contribution in [1.29, 1.82) is 0 Å². The Morgan fingerprint density at radius 3 is 2.73 bits per heavy atom. The van der Waals surface area contributed by atoms with Gasteiger partial charge in [-0.2, -0.15) is 0 Å². The smallest absolute Gasteiger partial charge is 0.253 e. The molecule has 22 heavy (non-hydrogen) atoms. The minimum atomic E-state index is -0.346. The number of amides is 1. The lowest BCUT2D eigenvalue weighted by Crippen LogP contribution is -2.53. The van der Waals surface area contributed by atoms with E-state index in [1.165, 1.54) is 4.88 Å². The average molecular weight is 325 g/mol. The van der Waals surface area contributed by atoms with E-state index in [0.29, 0.717) is 39.5 Å². The SMILES string of the molecule is Cc1nc(C)c(CN2CCOC(C(=O)N3CCOCC3)C2)s1. The summed E-state index contributed by atoms with van der Waals surface area (Å²) in [5.74, 6) is 0.102. The molecule has 1 amide bonds. The van der Waals surface area contributed by atoms with Gasteiger partial charge in [0.1, 0.15) is 6.10 Å². The van der Waals surface area contributed by atoms with Crippen LogP contribution < -0.4 is 0 Å². The highest BCUT2D eigenvalue weighted by Crippen LogP contribution is 2.21. The van der Waals surface area contributed by atoms with Gasteiger partial charge in [0, 0.05) is 37.6 Å². The third-order valence-electron chi connectivity index (χ3n) is 4.12. The van der Waals surface area contributed by atoms with Crippen LogP contribution in [0.5, 0.6) is 0 Å². The summed E-state index contributed by atoms with van der Waals surface area (Å²) in [5, 5.41) is 1.10. The third-order valence-corrected chi connectivity index (χ3v) is 5.17. The first-order valence-electron chi connectivity index (χ1n) is 7.77. The molecule has 6 nitrogen and oxygen atoms in total. The lowest BCUT2D eigenvalue weighted by atomic mass is 10.2. The molecule has 1 unspecified atom stereocenters. The summed E-state index contributed by atoms with van der Waals surface area (Å²) >= 11 is 1.74. The highest BCUT2D eigenvalue weighted by atomic mass is 32.1. The summed E-state index contributed by atoms with van der Waals surface area (Å²) in [6.45, 7) is 9.67. The van der Waals surface area contributed by atoms with Crippen LogP contribution in [0.2, 0.25) is 0 Å². The van der Waals surface area contributed by atoms with Gasteiger partial charge in [-0.1, -0.05) is 0 Å². The molecule has 0 radical (unpaired) electrons. The van der Waals surface area contributed by atoms with Gasteiger partial charge in [-0.3, -0.25) is 9.69 Å². The van der Waals surface area contributed by atoms with Crippen LogP contribution in [0.3, 0.4) is 0 Å². The molecule has 2 saturated heterocycles. The van der Waals surface area contributed by atoms with Crippen molar-refractivity contribution in [3.8, 4) is 0 Å². The average Bonchev–Trinajstić information content (AvgIpc) is 2.85. The second-order valence-corrected chi connectivity index (χ2v) is 7.06. The van der Waals surface area contributed by atoms with Gasteiger partial charge in [0.2, 0.25) is 0 Å². The molecule has 3 heterocycles. The van der Waals surface area contributed by atoms with Crippen LogP contribution in [0.4, 0.5) is 0 Å². The maximum atomic E-state index is 12.5. The predicted molar refractivity (Wildman–Crippen MR) is 84.0 cm³/mol. The van der Waals surface area contributed by atoms with E-state index in [-0.39, 0.29) is 12.0 Å². The van der Waals surface area contributed by atoms with Crippen LogP contribution in [0.1, 0.15) is 15.6 Å². The number of carbonyl (C=O) groups excluding carboxylic acids is 1. The van der Waals surface area contributed by atoms with Gasteiger partial charge in [-0.25, -0.2) is 4.98 Å². The van der Waals surface area contributed by atoms with E-state index in [2.05, 4.69) is 16.8 Å². The lowest BCUT2D eigenvalue weighted by Gasteiger charge is -2.36. The molecular weight excluding hydrogens is 302 g/mol. The number of thiazole rings is 1. The van der Waals surface area contributed by atoms with E-state index in [1.54, 1.807) is 11.3 Å². The molecule has 2 aliphatic rings. The van der Waals surface area contributed by atoms with E-state index in [9.17, 15) is 4.79 Å². The van der Waals surface area contributed by atoms with Crippen LogP contribution in [0.25, 0.3) is 0 Å². The largest absolute Gasteiger partial charge is 0.378 e. The second-order valence-electron chi connectivity index (χ2n) is 5.77. The zero-order valence-electron chi connectivity index (χ0n) is 13.2. The number of aryl methyl sites for hydroxylation is 2. The number of nitrogens with zero attached hydrogens (tertiary/aromatic N) is 3. The number of rotatable bonds is 3. The zero-order valence-corrected chi connectivity index (χ0v) is 14.0. The molecular formula is C15H23N3O3S. The number of carbonyl (C=O) groups is 1. The highest BCUT2D eigenvalue weighted by Gasteiger charge is 2.31. The first-order chi connectivity index (χ1) is 10.6. The summed E-state index contributed by atoms with van der Waals surface area (Å²) in [6.07, 6.45) is -0.346. The van der Waals surface area contributed by atoms with E-state index < -0.39 is 0 Å². The van der Waals surface area contributed by atoms with Gasteiger partial charge in [0.25, 0.3) is 5.91 Å². The van der Waals surface area contributed by atoms with Crippen molar-refractivity contribution in [3.05, 3.63) is 15.6 Å². The fourth-order valence-electron chi connectivity index (χ4n) is 2.91. The van der Waals surface area contributed by atoms with Crippen molar-refractivity contribution in [2.75, 3.05) is 46.0 Å². The first kappa shape index (κ1) is 15.9. The topological polar surface area (TPSA) is 54.9 Å². The summed E-state index contributed by atoms with van der Waals surface area (Å²) in [4.78, 5) is 22.5. The summed E-state index contributed by atoms with van der Waals surface area (Å²) in [5.41, 5.74) is 1.10. The Balaban J connectivity index is 1.59. The van der Waals surface area contributed by atoms with Crippen molar-refractivity contribution in [1.82, 2.24) is 14.8 Å². The molecule has 2 aliphatic heterocycles. The van der Waals surface area contributed by atoms with Gasteiger partial charge < -0.3 is 14.4 Å². The van der Waals surface area contributed by atoms with Crippen LogP contribution in [-0.2, 0) is 20.8 Å². The maximum absolute atomic E-state index is 12.5. The Labute approximate surface area is 135 Å². The summed E-state index contributed by atoms with van der Waals surface area (Å²) in [6, 6.07) is 0. The third kappa shape index (κ3) is 3.65. The minimum absolute atomic E-state index is 0.102. The van der Waals surface area contributed by atoms with E-state index in [4.69, 9.17) is 9.47 Å². The van der Waals surface area contributed by atoms with Crippen LogP contribution in [0.15, 0.2) is 0 Å². The number of morpholine rings is 2. The molecule has 2 fully saturated rings. The van der Waals surface area contributed by atoms with Gasteiger partial charge >= 0.3 is 0 Å². The number of ether oxygens (including phenoxy) is 2. The predicted octanol–water partition coefficient (Wildman–Crippen LogP) is 0.820. The van der Waals surface area contributed by atoms with E-state index in [0.717, 1.165) is 23.8 Å². The van der Waals surface area contributed by atoms with E-state index in [1.807, 2.05) is 11.8 Å². The Bertz CT molecular complexity index is 528. The molecule has 0 aliphatic carbocycles. The minimum Gasteiger partial charge on any atom is -0.378 e. The Morgan fingerprint density at radius 2 is 2.05 bits per heavy atom. The number of aromatic nitrogens is 1. The monoisotopic (exact) mass is 325 g/mol.